The third-order valence-corrected chi connectivity index (χ3v) is 8.11. The highest BCUT2D eigenvalue weighted by molar-refractivity contribution is 7.89. The second-order valence-corrected chi connectivity index (χ2v) is 10.2. The molecule has 1 aliphatic rings. The predicted molar refractivity (Wildman–Crippen MR) is 121 cm³/mol. The number of rotatable bonds is 6. The zero-order valence-corrected chi connectivity index (χ0v) is 18.2. The Labute approximate surface area is 184 Å². The van der Waals surface area contributed by atoms with Crippen LogP contribution in [0.3, 0.4) is 0 Å². The summed E-state index contributed by atoms with van der Waals surface area (Å²) in [6.07, 6.45) is 1.71. The second-order valence-electron chi connectivity index (χ2n) is 7.17. The van der Waals surface area contributed by atoms with E-state index in [4.69, 9.17) is 5.73 Å². The summed E-state index contributed by atoms with van der Waals surface area (Å²) < 4.78 is 26.7. The fraction of sp³-hybridized carbons (Fsp3) is 0.182. The molecule has 31 heavy (non-hydrogen) atoms. The topological polar surface area (TPSA) is 110 Å². The van der Waals surface area contributed by atoms with Crippen molar-refractivity contribution in [2.45, 2.75) is 17.7 Å². The van der Waals surface area contributed by atoms with E-state index in [0.717, 1.165) is 23.3 Å². The Morgan fingerprint density at radius 1 is 0.968 bits per heavy atom. The van der Waals surface area contributed by atoms with Crippen LogP contribution in [0.25, 0.3) is 10.4 Å². The molecule has 1 aliphatic heterocycles. The van der Waals surface area contributed by atoms with Crippen molar-refractivity contribution in [1.82, 2.24) is 4.31 Å². The molecule has 1 saturated heterocycles. The minimum Gasteiger partial charge on any atom is -0.366 e. The van der Waals surface area contributed by atoms with Crippen LogP contribution in [-0.4, -0.2) is 37.6 Å². The van der Waals surface area contributed by atoms with Crippen molar-refractivity contribution < 1.29 is 18.0 Å². The maximum atomic E-state index is 12.7. The molecule has 4 rings (SSSR count). The van der Waals surface area contributed by atoms with E-state index >= 15 is 0 Å². The van der Waals surface area contributed by atoms with Crippen molar-refractivity contribution in [3.8, 4) is 10.4 Å². The van der Waals surface area contributed by atoms with Crippen molar-refractivity contribution in [2.24, 2.45) is 5.73 Å². The van der Waals surface area contributed by atoms with Gasteiger partial charge in [0, 0.05) is 23.5 Å². The minimum absolute atomic E-state index is 0.159. The molecule has 0 unspecified atom stereocenters. The number of carbonyl (C=O) groups is 2. The summed E-state index contributed by atoms with van der Waals surface area (Å²) in [7, 11) is -3.54. The third-order valence-electron chi connectivity index (χ3n) is 5.10. The van der Waals surface area contributed by atoms with E-state index in [1.54, 1.807) is 6.07 Å². The number of thiophene rings is 1. The maximum absolute atomic E-state index is 12.7. The molecular formula is C22H21N3O4S2. The van der Waals surface area contributed by atoms with Gasteiger partial charge in [0.2, 0.25) is 10.0 Å². The van der Waals surface area contributed by atoms with Gasteiger partial charge in [-0.15, -0.1) is 11.3 Å². The van der Waals surface area contributed by atoms with Crippen molar-refractivity contribution in [3.05, 3.63) is 71.8 Å². The van der Waals surface area contributed by atoms with E-state index < -0.39 is 21.8 Å². The summed E-state index contributed by atoms with van der Waals surface area (Å²) in [5.41, 5.74) is 6.91. The molecule has 3 N–H and O–H groups in total. The van der Waals surface area contributed by atoms with E-state index in [-0.39, 0.29) is 16.0 Å². The highest BCUT2D eigenvalue weighted by atomic mass is 32.2. The molecule has 1 fully saturated rings. The zero-order chi connectivity index (χ0) is 22.0. The smallest absolute Gasteiger partial charge is 0.256 e. The molecule has 3 aromatic rings. The van der Waals surface area contributed by atoms with E-state index in [0.29, 0.717) is 18.1 Å². The normalized spacial score (nSPS) is 14.5. The van der Waals surface area contributed by atoms with Gasteiger partial charge in [-0.25, -0.2) is 8.42 Å². The number of nitrogens with one attached hydrogen (secondary N) is 1. The van der Waals surface area contributed by atoms with Gasteiger partial charge in [-0.1, -0.05) is 30.3 Å². The quantitative estimate of drug-likeness (QED) is 0.592. The number of hydrogen-bond acceptors (Lipinski definition) is 5. The van der Waals surface area contributed by atoms with E-state index in [2.05, 4.69) is 5.32 Å². The molecular weight excluding hydrogens is 434 g/mol. The molecule has 0 radical (unpaired) electrons. The maximum Gasteiger partial charge on any atom is 0.256 e. The molecule has 2 heterocycles. The first-order chi connectivity index (χ1) is 14.9. The Balaban J connectivity index is 1.56. The van der Waals surface area contributed by atoms with Gasteiger partial charge in [0.05, 0.1) is 10.5 Å². The lowest BCUT2D eigenvalue weighted by Gasteiger charge is -2.15. The Morgan fingerprint density at radius 3 is 2.23 bits per heavy atom. The lowest BCUT2D eigenvalue weighted by molar-refractivity contribution is 0.100. The SMILES string of the molecule is NC(=O)c1cc(-c2ccccc2)sc1NC(=O)c1ccc(S(=O)(=O)N2CCCC2)cc1. The first-order valence-electron chi connectivity index (χ1n) is 9.77. The van der Waals surface area contributed by atoms with E-state index in [9.17, 15) is 18.0 Å². The molecule has 9 heteroatoms. The van der Waals surface area contributed by atoms with Gasteiger partial charge in [-0.05, 0) is 48.7 Å². The summed E-state index contributed by atoms with van der Waals surface area (Å²) in [4.78, 5) is 25.6. The lowest BCUT2D eigenvalue weighted by atomic mass is 10.1. The van der Waals surface area contributed by atoms with Crippen LogP contribution in [0, 0.1) is 0 Å². The predicted octanol–water partition coefficient (Wildman–Crippen LogP) is 3.55. The number of hydrogen-bond donors (Lipinski definition) is 2. The van der Waals surface area contributed by atoms with Gasteiger partial charge in [0.25, 0.3) is 11.8 Å². The van der Waals surface area contributed by atoms with Crippen molar-refractivity contribution in [3.63, 3.8) is 0 Å². The van der Waals surface area contributed by atoms with Gasteiger partial charge < -0.3 is 11.1 Å². The molecule has 160 valence electrons. The zero-order valence-electron chi connectivity index (χ0n) is 16.6. The number of nitrogens with two attached hydrogens (primary N) is 1. The van der Waals surface area contributed by atoms with Gasteiger partial charge >= 0.3 is 0 Å². The van der Waals surface area contributed by atoms with Crippen molar-refractivity contribution in [2.75, 3.05) is 18.4 Å². The van der Waals surface area contributed by atoms with Crippen molar-refractivity contribution in [1.29, 1.82) is 0 Å². The number of amides is 2. The third kappa shape index (κ3) is 4.39. The number of primary amides is 1. The number of benzene rings is 2. The summed E-state index contributed by atoms with van der Waals surface area (Å²) in [6, 6.07) is 16.9. The highest BCUT2D eigenvalue weighted by Crippen LogP contribution is 2.35. The molecule has 0 saturated carbocycles. The highest BCUT2D eigenvalue weighted by Gasteiger charge is 2.27. The summed E-state index contributed by atoms with van der Waals surface area (Å²) in [6.45, 7) is 1.03. The van der Waals surface area contributed by atoms with Crippen LogP contribution in [0.1, 0.15) is 33.6 Å². The second kappa shape index (κ2) is 8.62. The fourth-order valence-electron chi connectivity index (χ4n) is 3.44. The molecule has 2 amide bonds. The van der Waals surface area contributed by atoms with Gasteiger partial charge in [-0.2, -0.15) is 4.31 Å². The van der Waals surface area contributed by atoms with Crippen LogP contribution in [0.5, 0.6) is 0 Å². The molecule has 7 nitrogen and oxygen atoms in total. The number of anilines is 1. The molecule has 0 spiro atoms. The molecule has 1 aromatic heterocycles. The van der Waals surface area contributed by atoms with Crippen LogP contribution in [0.2, 0.25) is 0 Å². The van der Waals surface area contributed by atoms with Gasteiger partial charge in [0.1, 0.15) is 5.00 Å². The Morgan fingerprint density at radius 2 is 1.61 bits per heavy atom. The first-order valence-corrected chi connectivity index (χ1v) is 12.0. The van der Waals surface area contributed by atoms with Crippen LogP contribution in [0.15, 0.2) is 65.6 Å². The fourth-order valence-corrected chi connectivity index (χ4v) is 6.02. The number of sulfonamides is 1. The minimum atomic E-state index is -3.54. The Bertz CT molecular complexity index is 1210. The molecule has 0 aliphatic carbocycles. The molecule has 2 aromatic carbocycles. The molecule has 0 atom stereocenters. The Kier molecular flexibility index (Phi) is 5.90. The summed E-state index contributed by atoms with van der Waals surface area (Å²) >= 11 is 1.25. The number of carbonyl (C=O) groups excluding carboxylic acids is 2. The average molecular weight is 456 g/mol. The monoisotopic (exact) mass is 455 g/mol. The van der Waals surface area contributed by atoms with Crippen LogP contribution in [0.4, 0.5) is 5.00 Å². The number of nitrogens with zero attached hydrogens (tertiary/aromatic N) is 1. The average Bonchev–Trinajstić information content (AvgIpc) is 3.45. The standard InChI is InChI=1S/C22H21N3O4S2/c23-20(26)18-14-19(15-6-2-1-3-7-15)30-22(18)24-21(27)16-8-10-17(11-9-16)31(28,29)25-12-4-5-13-25/h1-3,6-11,14H,4-5,12-13H2,(H2,23,26)(H,24,27). The van der Waals surface area contributed by atoms with Crippen LogP contribution >= 0.6 is 11.3 Å². The summed E-state index contributed by atoms with van der Waals surface area (Å²) in [5, 5.41) is 3.08. The Hall–Kier alpha value is -3.01. The largest absolute Gasteiger partial charge is 0.366 e. The van der Waals surface area contributed by atoms with Crippen LogP contribution in [-0.2, 0) is 10.0 Å². The van der Waals surface area contributed by atoms with Gasteiger partial charge in [0.15, 0.2) is 0 Å². The summed E-state index contributed by atoms with van der Waals surface area (Å²) in [5.74, 6) is -1.09. The van der Waals surface area contributed by atoms with E-state index in [1.165, 1.54) is 39.9 Å². The van der Waals surface area contributed by atoms with Gasteiger partial charge in [-0.3, -0.25) is 9.59 Å². The first kappa shape index (κ1) is 21.2. The lowest BCUT2D eigenvalue weighted by Crippen LogP contribution is -2.27. The molecule has 0 bridgehead atoms. The van der Waals surface area contributed by atoms with Crippen molar-refractivity contribution >= 4 is 38.2 Å². The van der Waals surface area contributed by atoms with E-state index in [1.807, 2.05) is 30.3 Å². The van der Waals surface area contributed by atoms with Crippen LogP contribution < -0.4 is 11.1 Å².